The molecule has 0 unspecified atom stereocenters. The first kappa shape index (κ1) is 13.0. The van der Waals surface area contributed by atoms with Crippen molar-refractivity contribution in [3.05, 3.63) is 36.0 Å². The lowest BCUT2D eigenvalue weighted by Gasteiger charge is -2.08. The molecule has 0 amide bonds. The summed E-state index contributed by atoms with van der Waals surface area (Å²) >= 11 is 0. The lowest BCUT2D eigenvalue weighted by Crippen LogP contribution is -2.17. The van der Waals surface area contributed by atoms with Gasteiger partial charge in [-0.3, -0.25) is 0 Å². The molecule has 5 heteroatoms. The van der Waals surface area contributed by atoms with Crippen LogP contribution in [0.25, 0.3) is 10.9 Å². The Hall–Kier alpha value is -1.49. The van der Waals surface area contributed by atoms with E-state index in [1.807, 2.05) is 30.5 Å². The van der Waals surface area contributed by atoms with Crippen LogP contribution >= 0.6 is 0 Å². The Bertz CT molecular complexity index is 502. The first-order valence-electron chi connectivity index (χ1n) is 5.89. The van der Waals surface area contributed by atoms with E-state index in [0.717, 1.165) is 16.5 Å². The van der Waals surface area contributed by atoms with Crippen molar-refractivity contribution in [2.75, 3.05) is 6.54 Å². The molecule has 98 valence electrons. The van der Waals surface area contributed by atoms with Crippen LogP contribution in [0.5, 0.6) is 0 Å². The molecule has 1 heterocycles. The topological polar surface area (TPSA) is 27.8 Å². The van der Waals surface area contributed by atoms with Gasteiger partial charge in [0.1, 0.15) is 0 Å². The maximum Gasteiger partial charge on any atom is 0.389 e. The number of rotatable bonds is 5. The second-order valence-corrected chi connectivity index (χ2v) is 4.25. The number of aromatic amines is 1. The van der Waals surface area contributed by atoms with Crippen LogP contribution in [-0.4, -0.2) is 17.7 Å². The highest BCUT2D eigenvalue weighted by Gasteiger charge is 2.25. The highest BCUT2D eigenvalue weighted by atomic mass is 19.4. The zero-order chi connectivity index (χ0) is 13.0. The van der Waals surface area contributed by atoms with Gasteiger partial charge in [-0.25, -0.2) is 0 Å². The molecular formula is C13H15F3N2. The van der Waals surface area contributed by atoms with Crippen molar-refractivity contribution in [1.29, 1.82) is 0 Å². The maximum atomic E-state index is 11.9. The summed E-state index contributed by atoms with van der Waals surface area (Å²) in [7, 11) is 0. The predicted octanol–water partition coefficient (Wildman–Crippen LogP) is 3.60. The van der Waals surface area contributed by atoms with E-state index < -0.39 is 12.6 Å². The first-order chi connectivity index (χ1) is 8.56. The van der Waals surface area contributed by atoms with Gasteiger partial charge in [-0.2, -0.15) is 13.2 Å². The minimum absolute atomic E-state index is 0.118. The Labute approximate surface area is 103 Å². The van der Waals surface area contributed by atoms with Crippen molar-refractivity contribution < 1.29 is 13.2 Å². The molecule has 2 nitrogen and oxygen atoms in total. The van der Waals surface area contributed by atoms with E-state index in [4.69, 9.17) is 0 Å². The predicted molar refractivity (Wildman–Crippen MR) is 65.3 cm³/mol. The van der Waals surface area contributed by atoms with Gasteiger partial charge in [0.25, 0.3) is 0 Å². The Morgan fingerprint density at radius 3 is 2.78 bits per heavy atom. The van der Waals surface area contributed by atoms with E-state index in [9.17, 15) is 13.2 Å². The molecular weight excluding hydrogens is 241 g/mol. The number of alkyl halides is 3. The lowest BCUT2D eigenvalue weighted by atomic mass is 10.1. The van der Waals surface area contributed by atoms with Crippen LogP contribution < -0.4 is 5.32 Å². The van der Waals surface area contributed by atoms with Gasteiger partial charge in [0.15, 0.2) is 0 Å². The standard InChI is InChI=1S/C13H15F3N2/c14-13(15,16)6-2-7-17-9-10-3-1-4-12-11(10)5-8-18-12/h1,3-5,8,17-18H,2,6-7,9H2. The summed E-state index contributed by atoms with van der Waals surface area (Å²) < 4.78 is 35.8. The molecule has 0 aliphatic rings. The molecule has 2 aromatic rings. The van der Waals surface area contributed by atoms with Gasteiger partial charge in [-0.15, -0.1) is 0 Å². The quantitative estimate of drug-likeness (QED) is 0.786. The molecule has 0 aliphatic carbocycles. The van der Waals surface area contributed by atoms with E-state index in [1.165, 1.54) is 0 Å². The molecule has 2 rings (SSSR count). The molecule has 0 aliphatic heterocycles. The van der Waals surface area contributed by atoms with Gasteiger partial charge in [-0.05, 0) is 30.7 Å². The number of hydrogen-bond donors (Lipinski definition) is 2. The minimum atomic E-state index is -4.05. The van der Waals surface area contributed by atoms with Crippen molar-refractivity contribution in [1.82, 2.24) is 10.3 Å². The Morgan fingerprint density at radius 1 is 1.17 bits per heavy atom. The molecule has 1 aromatic carbocycles. The average Bonchev–Trinajstić information content (AvgIpc) is 2.75. The second-order valence-electron chi connectivity index (χ2n) is 4.25. The van der Waals surface area contributed by atoms with Crippen LogP contribution in [0.4, 0.5) is 13.2 Å². The maximum absolute atomic E-state index is 11.9. The van der Waals surface area contributed by atoms with E-state index >= 15 is 0 Å². The van der Waals surface area contributed by atoms with Gasteiger partial charge in [-0.1, -0.05) is 12.1 Å². The van der Waals surface area contributed by atoms with Crippen LogP contribution in [-0.2, 0) is 6.54 Å². The number of benzene rings is 1. The largest absolute Gasteiger partial charge is 0.389 e. The fraction of sp³-hybridized carbons (Fsp3) is 0.385. The third-order valence-electron chi connectivity index (χ3n) is 2.81. The van der Waals surface area contributed by atoms with Crippen molar-refractivity contribution in [3.8, 4) is 0 Å². The minimum Gasteiger partial charge on any atom is -0.361 e. The molecule has 0 fully saturated rings. The smallest absolute Gasteiger partial charge is 0.361 e. The van der Waals surface area contributed by atoms with E-state index in [2.05, 4.69) is 10.3 Å². The van der Waals surface area contributed by atoms with Crippen LogP contribution in [0.15, 0.2) is 30.5 Å². The van der Waals surface area contributed by atoms with Crippen molar-refractivity contribution >= 4 is 10.9 Å². The Balaban J connectivity index is 1.82. The number of H-pyrrole nitrogens is 1. The van der Waals surface area contributed by atoms with Crippen LogP contribution in [0, 0.1) is 0 Å². The van der Waals surface area contributed by atoms with Crippen LogP contribution in [0.3, 0.4) is 0 Å². The fourth-order valence-electron chi connectivity index (χ4n) is 1.94. The molecule has 0 saturated carbocycles. The third-order valence-corrected chi connectivity index (χ3v) is 2.81. The molecule has 2 N–H and O–H groups in total. The summed E-state index contributed by atoms with van der Waals surface area (Å²) in [6, 6.07) is 7.86. The summed E-state index contributed by atoms with van der Waals surface area (Å²) in [4.78, 5) is 3.10. The molecule has 0 bridgehead atoms. The molecule has 0 atom stereocenters. The van der Waals surface area contributed by atoms with Crippen molar-refractivity contribution in [2.24, 2.45) is 0 Å². The average molecular weight is 256 g/mol. The SMILES string of the molecule is FC(F)(F)CCCNCc1cccc2[nH]ccc12. The highest BCUT2D eigenvalue weighted by Crippen LogP contribution is 2.21. The number of hydrogen-bond acceptors (Lipinski definition) is 1. The summed E-state index contributed by atoms with van der Waals surface area (Å²) in [5, 5.41) is 4.15. The van der Waals surface area contributed by atoms with Crippen LogP contribution in [0.1, 0.15) is 18.4 Å². The molecule has 0 radical (unpaired) electrons. The zero-order valence-electron chi connectivity index (χ0n) is 9.85. The van der Waals surface area contributed by atoms with Gasteiger partial charge in [0.2, 0.25) is 0 Å². The lowest BCUT2D eigenvalue weighted by molar-refractivity contribution is -0.135. The van der Waals surface area contributed by atoms with Crippen molar-refractivity contribution in [2.45, 2.75) is 25.6 Å². The summed E-state index contributed by atoms with van der Waals surface area (Å²) in [6.45, 7) is 0.966. The van der Waals surface area contributed by atoms with E-state index in [-0.39, 0.29) is 6.42 Å². The highest BCUT2D eigenvalue weighted by molar-refractivity contribution is 5.82. The molecule has 0 spiro atoms. The molecule has 1 aromatic heterocycles. The Morgan fingerprint density at radius 2 is 2.00 bits per heavy atom. The fourth-order valence-corrected chi connectivity index (χ4v) is 1.94. The van der Waals surface area contributed by atoms with E-state index in [0.29, 0.717) is 13.1 Å². The zero-order valence-corrected chi connectivity index (χ0v) is 9.85. The molecule has 18 heavy (non-hydrogen) atoms. The molecule has 0 saturated heterocycles. The van der Waals surface area contributed by atoms with Crippen molar-refractivity contribution in [3.63, 3.8) is 0 Å². The summed E-state index contributed by atoms with van der Waals surface area (Å²) in [6.07, 6.45) is -2.80. The number of aromatic nitrogens is 1. The van der Waals surface area contributed by atoms with Gasteiger partial charge < -0.3 is 10.3 Å². The summed E-state index contributed by atoms with van der Waals surface area (Å²) in [5.74, 6) is 0. The normalized spacial score (nSPS) is 12.2. The second kappa shape index (κ2) is 5.44. The number of fused-ring (bicyclic) bond motifs is 1. The van der Waals surface area contributed by atoms with Gasteiger partial charge >= 0.3 is 6.18 Å². The third kappa shape index (κ3) is 3.50. The number of halogens is 3. The van der Waals surface area contributed by atoms with Crippen LogP contribution in [0.2, 0.25) is 0 Å². The first-order valence-corrected chi connectivity index (χ1v) is 5.89. The van der Waals surface area contributed by atoms with Gasteiger partial charge in [0.05, 0.1) is 0 Å². The Kier molecular flexibility index (Phi) is 3.91. The summed E-state index contributed by atoms with van der Waals surface area (Å²) in [5.41, 5.74) is 2.14. The van der Waals surface area contributed by atoms with Gasteiger partial charge in [0, 0.05) is 30.1 Å². The number of nitrogens with one attached hydrogen (secondary N) is 2. The monoisotopic (exact) mass is 256 g/mol. The van der Waals surface area contributed by atoms with E-state index in [1.54, 1.807) is 0 Å².